The van der Waals surface area contributed by atoms with Gasteiger partial charge in [0.15, 0.2) is 0 Å². The topological polar surface area (TPSA) is 102 Å². The minimum atomic E-state index is -0.480. The van der Waals surface area contributed by atoms with E-state index < -0.39 is 12.1 Å². The van der Waals surface area contributed by atoms with Gasteiger partial charge in [-0.1, -0.05) is 0 Å². The molecule has 182 valence electrons. The molecule has 0 aliphatic carbocycles. The average Bonchev–Trinajstić information content (AvgIpc) is 3.22. The van der Waals surface area contributed by atoms with Gasteiger partial charge < -0.3 is 19.3 Å². The summed E-state index contributed by atoms with van der Waals surface area (Å²) in [5.74, 6) is -0.963. The highest BCUT2D eigenvalue weighted by Gasteiger charge is 2.32. The maximum absolute atomic E-state index is 13.3. The minimum absolute atomic E-state index is 0.0736. The van der Waals surface area contributed by atoms with Gasteiger partial charge in [-0.2, -0.15) is 0 Å². The molecule has 0 radical (unpaired) electrons. The molecular weight excluding hydrogens is 468 g/mol. The largest absolute Gasteiger partial charge is 0.465 e. The summed E-state index contributed by atoms with van der Waals surface area (Å²) in [7, 11) is 1.30. The molecule has 1 unspecified atom stereocenters. The third-order valence-electron chi connectivity index (χ3n) is 5.62. The Hall–Kier alpha value is -3.63. The molecule has 0 saturated carbocycles. The van der Waals surface area contributed by atoms with Gasteiger partial charge in [0.25, 0.3) is 5.91 Å². The molecule has 3 heterocycles. The zero-order valence-electron chi connectivity index (χ0n) is 19.5. The fourth-order valence-corrected chi connectivity index (χ4v) is 4.41. The van der Waals surface area contributed by atoms with Crippen LogP contribution >= 0.6 is 11.3 Å². The molecule has 1 saturated heterocycles. The van der Waals surface area contributed by atoms with Gasteiger partial charge in [-0.05, 0) is 48.9 Å². The Balaban J connectivity index is 1.52. The second-order valence-electron chi connectivity index (χ2n) is 8.18. The molecule has 35 heavy (non-hydrogen) atoms. The van der Waals surface area contributed by atoms with Crippen molar-refractivity contribution >= 4 is 29.1 Å². The molecule has 1 aliphatic heterocycles. The maximum Gasteiger partial charge on any atom is 0.337 e. The molecule has 0 spiro atoms. The van der Waals surface area contributed by atoms with Crippen molar-refractivity contribution in [3.8, 4) is 0 Å². The SMILES string of the molecule is COC(=O)c1ccc(C(=O)N2CC(=O)N(Cc3csc(C)n3)CC(OCc3ccncc3)C2)cc1. The van der Waals surface area contributed by atoms with Crippen LogP contribution in [0, 0.1) is 6.92 Å². The summed E-state index contributed by atoms with van der Waals surface area (Å²) in [5.41, 5.74) is 2.49. The highest BCUT2D eigenvalue weighted by atomic mass is 32.1. The summed E-state index contributed by atoms with van der Waals surface area (Å²) < 4.78 is 10.9. The van der Waals surface area contributed by atoms with Crippen LogP contribution in [0.5, 0.6) is 0 Å². The lowest BCUT2D eigenvalue weighted by Gasteiger charge is -2.24. The van der Waals surface area contributed by atoms with E-state index in [2.05, 4.69) is 9.97 Å². The quantitative estimate of drug-likeness (QED) is 0.466. The summed E-state index contributed by atoms with van der Waals surface area (Å²) in [6, 6.07) is 9.92. The Morgan fingerprint density at radius 2 is 1.80 bits per heavy atom. The average molecular weight is 495 g/mol. The molecule has 1 atom stereocenters. The van der Waals surface area contributed by atoms with Crippen LogP contribution in [-0.2, 0) is 27.4 Å². The summed E-state index contributed by atoms with van der Waals surface area (Å²) in [6.07, 6.45) is 2.99. The van der Waals surface area contributed by atoms with Crippen LogP contribution in [0.2, 0.25) is 0 Å². The van der Waals surface area contributed by atoms with Gasteiger partial charge in [0, 0.05) is 36.4 Å². The number of aromatic nitrogens is 2. The van der Waals surface area contributed by atoms with Crippen molar-refractivity contribution in [3.05, 3.63) is 81.6 Å². The molecule has 1 fully saturated rings. The summed E-state index contributed by atoms with van der Waals surface area (Å²) in [6.45, 7) is 3.13. The predicted molar refractivity (Wildman–Crippen MR) is 129 cm³/mol. The standard InChI is InChI=1S/C25H26N4O5S/c1-17-27-21(16-35-17)11-28-12-22(34-15-18-7-9-26-10-8-18)13-29(14-23(28)30)24(31)19-3-5-20(6-4-19)25(32)33-2/h3-10,16,22H,11-15H2,1-2H3. The van der Waals surface area contributed by atoms with Gasteiger partial charge in [-0.15, -0.1) is 11.3 Å². The van der Waals surface area contributed by atoms with Gasteiger partial charge in [0.2, 0.25) is 5.91 Å². The minimum Gasteiger partial charge on any atom is -0.465 e. The molecule has 1 aliphatic rings. The summed E-state index contributed by atoms with van der Waals surface area (Å²) >= 11 is 1.53. The Morgan fingerprint density at radius 1 is 1.09 bits per heavy atom. The Kier molecular flexibility index (Phi) is 7.84. The molecule has 0 N–H and O–H groups in total. The van der Waals surface area contributed by atoms with Crippen LogP contribution in [0.25, 0.3) is 0 Å². The molecule has 4 rings (SSSR count). The number of aryl methyl sites for hydroxylation is 1. The fourth-order valence-electron chi connectivity index (χ4n) is 3.81. The first-order valence-electron chi connectivity index (χ1n) is 11.1. The summed E-state index contributed by atoms with van der Waals surface area (Å²) in [4.78, 5) is 49.9. The molecule has 2 aromatic heterocycles. The Bertz CT molecular complexity index is 1180. The van der Waals surface area contributed by atoms with Crippen LogP contribution in [0.3, 0.4) is 0 Å². The number of amides is 2. The van der Waals surface area contributed by atoms with Crippen molar-refractivity contribution in [2.45, 2.75) is 26.2 Å². The van der Waals surface area contributed by atoms with Gasteiger partial charge >= 0.3 is 5.97 Å². The van der Waals surface area contributed by atoms with Crippen molar-refractivity contribution in [2.75, 3.05) is 26.7 Å². The molecule has 9 nitrogen and oxygen atoms in total. The lowest BCUT2D eigenvalue weighted by atomic mass is 10.1. The molecule has 10 heteroatoms. The van der Waals surface area contributed by atoms with Crippen molar-refractivity contribution in [1.29, 1.82) is 0 Å². The number of benzene rings is 1. The molecule has 0 bridgehead atoms. The number of hydrogen-bond acceptors (Lipinski definition) is 8. The number of hydrogen-bond donors (Lipinski definition) is 0. The number of esters is 1. The van der Waals surface area contributed by atoms with Crippen LogP contribution in [0.1, 0.15) is 37.0 Å². The van der Waals surface area contributed by atoms with Crippen molar-refractivity contribution in [2.24, 2.45) is 0 Å². The van der Waals surface area contributed by atoms with Crippen molar-refractivity contribution in [3.63, 3.8) is 0 Å². The van der Waals surface area contributed by atoms with E-state index in [4.69, 9.17) is 9.47 Å². The highest BCUT2D eigenvalue weighted by Crippen LogP contribution is 2.18. The normalized spacial score (nSPS) is 16.2. The number of nitrogens with zero attached hydrogens (tertiary/aromatic N) is 4. The third-order valence-corrected chi connectivity index (χ3v) is 6.44. The number of methoxy groups -OCH3 is 1. The number of pyridine rings is 1. The number of rotatable bonds is 7. The number of ether oxygens (including phenoxy) is 2. The van der Waals surface area contributed by atoms with E-state index in [0.29, 0.717) is 30.8 Å². The number of carbonyl (C=O) groups excluding carboxylic acids is 3. The van der Waals surface area contributed by atoms with E-state index in [0.717, 1.165) is 16.3 Å². The van der Waals surface area contributed by atoms with Crippen LogP contribution in [-0.4, -0.2) is 70.4 Å². The maximum atomic E-state index is 13.3. The first-order valence-corrected chi connectivity index (χ1v) is 12.0. The van der Waals surface area contributed by atoms with E-state index in [1.807, 2.05) is 24.4 Å². The molecule has 2 amide bonds. The van der Waals surface area contributed by atoms with Gasteiger partial charge in [-0.25, -0.2) is 9.78 Å². The highest BCUT2D eigenvalue weighted by molar-refractivity contribution is 7.09. The summed E-state index contributed by atoms with van der Waals surface area (Å²) in [5, 5.41) is 2.87. The van der Waals surface area contributed by atoms with Crippen molar-refractivity contribution < 1.29 is 23.9 Å². The van der Waals surface area contributed by atoms with E-state index >= 15 is 0 Å². The predicted octanol–water partition coefficient (Wildman–Crippen LogP) is 2.70. The van der Waals surface area contributed by atoms with E-state index in [1.165, 1.54) is 35.5 Å². The van der Waals surface area contributed by atoms with Crippen molar-refractivity contribution in [1.82, 2.24) is 19.8 Å². The Morgan fingerprint density at radius 3 is 2.46 bits per heavy atom. The second-order valence-corrected chi connectivity index (χ2v) is 9.24. The van der Waals surface area contributed by atoms with Crippen LogP contribution in [0.4, 0.5) is 0 Å². The molecule has 3 aromatic rings. The lowest BCUT2D eigenvalue weighted by molar-refractivity contribution is -0.132. The molecule has 1 aromatic carbocycles. The van der Waals surface area contributed by atoms with E-state index in [9.17, 15) is 14.4 Å². The zero-order chi connectivity index (χ0) is 24.8. The fraction of sp³-hybridized carbons (Fsp3) is 0.320. The van der Waals surface area contributed by atoms with Gasteiger partial charge in [-0.3, -0.25) is 14.6 Å². The third kappa shape index (κ3) is 6.28. The van der Waals surface area contributed by atoms with Gasteiger partial charge in [0.1, 0.15) is 6.54 Å². The molecular formula is C25H26N4O5S. The van der Waals surface area contributed by atoms with Crippen LogP contribution < -0.4 is 0 Å². The first kappa shape index (κ1) is 24.5. The number of carbonyl (C=O) groups is 3. The zero-order valence-corrected chi connectivity index (χ0v) is 20.4. The van der Waals surface area contributed by atoms with E-state index in [-0.39, 0.29) is 24.9 Å². The van der Waals surface area contributed by atoms with Crippen LogP contribution in [0.15, 0.2) is 54.2 Å². The second kappa shape index (κ2) is 11.2. The van der Waals surface area contributed by atoms with Gasteiger partial charge in [0.05, 0.1) is 42.6 Å². The first-order chi connectivity index (χ1) is 16.9. The lowest BCUT2D eigenvalue weighted by Crippen LogP contribution is -2.39. The van der Waals surface area contributed by atoms with E-state index in [1.54, 1.807) is 29.4 Å². The number of thiazole rings is 1. The monoisotopic (exact) mass is 494 g/mol. The smallest absolute Gasteiger partial charge is 0.337 e. The Labute approximate surface area is 207 Å².